The molecule has 0 unspecified atom stereocenters. The number of rotatable bonds is 5. The number of nitrogens with two attached hydrogens (primary N) is 1. The lowest BCUT2D eigenvalue weighted by atomic mass is 9.90. The third kappa shape index (κ3) is 4.04. The quantitative estimate of drug-likeness (QED) is 0.848. The van der Waals surface area contributed by atoms with Crippen molar-refractivity contribution in [3.05, 3.63) is 29.8 Å². The van der Waals surface area contributed by atoms with E-state index in [2.05, 4.69) is 18.2 Å². The second kappa shape index (κ2) is 6.65. The summed E-state index contributed by atoms with van der Waals surface area (Å²) in [7, 11) is 0. The summed E-state index contributed by atoms with van der Waals surface area (Å²) in [6.07, 6.45) is 7.76. The van der Waals surface area contributed by atoms with Gasteiger partial charge in [0.15, 0.2) is 0 Å². The van der Waals surface area contributed by atoms with E-state index < -0.39 is 0 Å². The van der Waals surface area contributed by atoms with Crippen LogP contribution in [0.1, 0.15) is 37.7 Å². The molecule has 0 radical (unpaired) electrons. The summed E-state index contributed by atoms with van der Waals surface area (Å²) in [6.45, 7) is 1.58. The first-order chi connectivity index (χ1) is 8.38. The number of ether oxygens (including phenoxy) is 1. The van der Waals surface area contributed by atoms with E-state index in [1.165, 1.54) is 37.7 Å². The molecule has 2 nitrogen and oxygen atoms in total. The Morgan fingerprint density at radius 2 is 2.00 bits per heavy atom. The molecule has 0 aromatic heterocycles. The second-order valence-corrected chi connectivity index (χ2v) is 5.00. The van der Waals surface area contributed by atoms with Crippen LogP contribution in [0.4, 0.5) is 0 Å². The highest BCUT2D eigenvalue weighted by Crippen LogP contribution is 2.24. The number of hydrogen-bond donors (Lipinski definition) is 1. The normalized spacial score (nSPS) is 17.0. The van der Waals surface area contributed by atoms with Gasteiger partial charge >= 0.3 is 0 Å². The van der Waals surface area contributed by atoms with Crippen LogP contribution in [0.5, 0.6) is 5.75 Å². The van der Waals surface area contributed by atoms with E-state index in [9.17, 15) is 0 Å². The molecular formula is C15H23NO. The highest BCUT2D eigenvalue weighted by Gasteiger charge is 2.13. The lowest BCUT2D eigenvalue weighted by Gasteiger charge is -2.21. The molecule has 1 aromatic carbocycles. The van der Waals surface area contributed by atoms with Gasteiger partial charge in [0.2, 0.25) is 0 Å². The lowest BCUT2D eigenvalue weighted by molar-refractivity contribution is 0.208. The van der Waals surface area contributed by atoms with E-state index in [-0.39, 0.29) is 0 Å². The number of hydrogen-bond acceptors (Lipinski definition) is 2. The zero-order chi connectivity index (χ0) is 11.9. The zero-order valence-corrected chi connectivity index (χ0v) is 10.5. The highest BCUT2D eigenvalue weighted by molar-refractivity contribution is 5.28. The van der Waals surface area contributed by atoms with Crippen LogP contribution >= 0.6 is 0 Å². The molecule has 1 saturated carbocycles. The standard InChI is InChI=1S/C15H23NO/c16-10-9-13-7-4-8-15(11-13)17-12-14-5-2-1-3-6-14/h4,7-8,11,14H,1-3,5-6,9-10,12,16H2. The molecule has 0 atom stereocenters. The van der Waals surface area contributed by atoms with E-state index in [1.807, 2.05) is 6.07 Å². The Hall–Kier alpha value is -1.02. The molecule has 1 aromatic rings. The van der Waals surface area contributed by atoms with E-state index in [0.717, 1.165) is 24.7 Å². The van der Waals surface area contributed by atoms with Crippen LogP contribution in [-0.4, -0.2) is 13.2 Å². The Morgan fingerprint density at radius 3 is 2.76 bits per heavy atom. The summed E-state index contributed by atoms with van der Waals surface area (Å²) >= 11 is 0. The van der Waals surface area contributed by atoms with Crippen molar-refractivity contribution >= 4 is 0 Å². The summed E-state index contributed by atoms with van der Waals surface area (Å²) in [6, 6.07) is 8.33. The molecule has 94 valence electrons. The van der Waals surface area contributed by atoms with Crippen molar-refractivity contribution < 1.29 is 4.74 Å². The summed E-state index contributed by atoms with van der Waals surface area (Å²) in [5.41, 5.74) is 6.83. The van der Waals surface area contributed by atoms with Gasteiger partial charge in [-0.05, 0) is 49.4 Å². The average Bonchev–Trinajstić information content (AvgIpc) is 2.39. The van der Waals surface area contributed by atoms with Gasteiger partial charge in [0, 0.05) is 0 Å². The van der Waals surface area contributed by atoms with Gasteiger partial charge in [-0.3, -0.25) is 0 Å². The first-order valence-corrected chi connectivity index (χ1v) is 6.80. The van der Waals surface area contributed by atoms with Crippen LogP contribution in [0, 0.1) is 5.92 Å². The average molecular weight is 233 g/mol. The fourth-order valence-electron chi connectivity index (χ4n) is 2.53. The smallest absolute Gasteiger partial charge is 0.119 e. The maximum Gasteiger partial charge on any atom is 0.119 e. The topological polar surface area (TPSA) is 35.2 Å². The van der Waals surface area contributed by atoms with Crippen LogP contribution in [0.15, 0.2) is 24.3 Å². The maximum absolute atomic E-state index is 5.89. The molecule has 2 N–H and O–H groups in total. The summed E-state index contributed by atoms with van der Waals surface area (Å²) in [5.74, 6) is 1.77. The SMILES string of the molecule is NCCc1cccc(OCC2CCCCC2)c1. The maximum atomic E-state index is 5.89. The minimum atomic E-state index is 0.700. The fraction of sp³-hybridized carbons (Fsp3) is 0.600. The Bertz CT molecular complexity index is 331. The molecule has 17 heavy (non-hydrogen) atoms. The molecule has 2 rings (SSSR count). The second-order valence-electron chi connectivity index (χ2n) is 5.00. The third-order valence-corrected chi connectivity index (χ3v) is 3.54. The first kappa shape index (κ1) is 12.4. The van der Waals surface area contributed by atoms with Crippen LogP contribution in [0.3, 0.4) is 0 Å². The van der Waals surface area contributed by atoms with Gasteiger partial charge < -0.3 is 10.5 Å². The molecule has 0 saturated heterocycles. The van der Waals surface area contributed by atoms with Gasteiger partial charge in [0.25, 0.3) is 0 Å². The van der Waals surface area contributed by atoms with Crippen molar-refractivity contribution in [3.8, 4) is 5.75 Å². The van der Waals surface area contributed by atoms with Gasteiger partial charge in [0.05, 0.1) is 6.61 Å². The Balaban J connectivity index is 1.83. The largest absolute Gasteiger partial charge is 0.493 e. The molecular weight excluding hydrogens is 210 g/mol. The number of benzene rings is 1. The summed E-state index contributed by atoms with van der Waals surface area (Å²) in [4.78, 5) is 0. The summed E-state index contributed by atoms with van der Waals surface area (Å²) < 4.78 is 5.89. The zero-order valence-electron chi connectivity index (χ0n) is 10.5. The van der Waals surface area contributed by atoms with Crippen LogP contribution in [-0.2, 0) is 6.42 Å². The van der Waals surface area contributed by atoms with Gasteiger partial charge in [-0.25, -0.2) is 0 Å². The third-order valence-electron chi connectivity index (χ3n) is 3.54. The van der Waals surface area contributed by atoms with Crippen molar-refractivity contribution in [2.45, 2.75) is 38.5 Å². The predicted octanol–water partition coefficient (Wildman–Crippen LogP) is 3.15. The van der Waals surface area contributed by atoms with E-state index >= 15 is 0 Å². The van der Waals surface area contributed by atoms with Crippen molar-refractivity contribution in [3.63, 3.8) is 0 Å². The molecule has 0 spiro atoms. The molecule has 0 heterocycles. The predicted molar refractivity (Wildman–Crippen MR) is 71.3 cm³/mol. The van der Waals surface area contributed by atoms with Crippen molar-refractivity contribution in [2.24, 2.45) is 11.7 Å². The molecule has 0 amide bonds. The lowest BCUT2D eigenvalue weighted by Crippen LogP contribution is -2.15. The minimum absolute atomic E-state index is 0.700. The molecule has 1 aliphatic carbocycles. The summed E-state index contributed by atoms with van der Waals surface area (Å²) in [5, 5.41) is 0. The van der Waals surface area contributed by atoms with E-state index in [1.54, 1.807) is 0 Å². The van der Waals surface area contributed by atoms with Gasteiger partial charge in [-0.2, -0.15) is 0 Å². The Morgan fingerprint density at radius 1 is 1.18 bits per heavy atom. The Labute approximate surface area is 104 Å². The van der Waals surface area contributed by atoms with E-state index in [4.69, 9.17) is 10.5 Å². The molecule has 0 bridgehead atoms. The van der Waals surface area contributed by atoms with Crippen molar-refractivity contribution in [1.29, 1.82) is 0 Å². The fourth-order valence-corrected chi connectivity index (χ4v) is 2.53. The van der Waals surface area contributed by atoms with Gasteiger partial charge in [-0.1, -0.05) is 31.4 Å². The van der Waals surface area contributed by atoms with Crippen LogP contribution < -0.4 is 10.5 Å². The van der Waals surface area contributed by atoms with Crippen molar-refractivity contribution in [1.82, 2.24) is 0 Å². The van der Waals surface area contributed by atoms with Crippen LogP contribution in [0.2, 0.25) is 0 Å². The minimum Gasteiger partial charge on any atom is -0.493 e. The van der Waals surface area contributed by atoms with Crippen LogP contribution in [0.25, 0.3) is 0 Å². The molecule has 0 aliphatic heterocycles. The first-order valence-electron chi connectivity index (χ1n) is 6.80. The van der Waals surface area contributed by atoms with E-state index in [0.29, 0.717) is 6.54 Å². The highest BCUT2D eigenvalue weighted by atomic mass is 16.5. The van der Waals surface area contributed by atoms with Gasteiger partial charge in [-0.15, -0.1) is 0 Å². The Kier molecular flexibility index (Phi) is 4.87. The monoisotopic (exact) mass is 233 g/mol. The molecule has 1 aliphatic rings. The molecule has 1 fully saturated rings. The molecule has 2 heteroatoms. The van der Waals surface area contributed by atoms with Crippen molar-refractivity contribution in [2.75, 3.05) is 13.2 Å². The van der Waals surface area contributed by atoms with Gasteiger partial charge in [0.1, 0.15) is 5.75 Å².